The minimum Gasteiger partial charge on any atom is -0.309 e. The van der Waals surface area contributed by atoms with Crippen LogP contribution < -0.4 is 0 Å². The van der Waals surface area contributed by atoms with Crippen LogP contribution in [0.4, 0.5) is 0 Å². The lowest BCUT2D eigenvalue weighted by molar-refractivity contribution is 1.07. The summed E-state index contributed by atoms with van der Waals surface area (Å²) in [4.78, 5) is 15.6. The molecule has 0 aliphatic heterocycles. The van der Waals surface area contributed by atoms with E-state index >= 15 is 0 Å². The maximum Gasteiger partial charge on any atom is 0.164 e. The molecule has 15 rings (SSSR count). The highest BCUT2D eigenvalue weighted by molar-refractivity contribution is 6.14. The van der Waals surface area contributed by atoms with E-state index in [4.69, 9.17) is 15.0 Å². The van der Waals surface area contributed by atoms with E-state index in [1.165, 1.54) is 66.8 Å². The molecule has 0 radical (unpaired) electrons. The van der Waals surface area contributed by atoms with Crippen molar-refractivity contribution in [1.29, 1.82) is 5.26 Å². The van der Waals surface area contributed by atoms with Crippen molar-refractivity contribution in [2.24, 2.45) is 0 Å². The number of nitrogens with zero attached hydrogens (tertiary/aromatic N) is 6. The molecule has 0 N–H and O–H groups in total. The molecule has 0 saturated heterocycles. The van der Waals surface area contributed by atoms with Gasteiger partial charge in [-0.15, -0.1) is 0 Å². The lowest BCUT2D eigenvalue weighted by atomic mass is 9.95. The van der Waals surface area contributed by atoms with Gasteiger partial charge in [0.2, 0.25) is 0 Å². The summed E-state index contributed by atoms with van der Waals surface area (Å²) >= 11 is 0. The van der Waals surface area contributed by atoms with Crippen LogP contribution in [0.25, 0.3) is 145 Å². The van der Waals surface area contributed by atoms with Gasteiger partial charge in [0.1, 0.15) is 0 Å². The molecule has 12 aromatic carbocycles. The Morgan fingerprint density at radius 3 is 1.00 bits per heavy atom. The first-order chi connectivity index (χ1) is 43.8. The second kappa shape index (κ2) is 22.2. The number of hydrogen-bond acceptors (Lipinski definition) is 4. The summed E-state index contributed by atoms with van der Waals surface area (Å²) in [6, 6.07) is 90.2. The lowest BCUT2D eigenvalue weighted by Crippen LogP contribution is -2.03. The van der Waals surface area contributed by atoms with Gasteiger partial charge in [-0.25, -0.2) is 15.0 Å². The largest absolute Gasteiger partial charge is 0.309 e. The zero-order valence-corrected chi connectivity index (χ0v) is 51.8. The topological polar surface area (TPSA) is 72.3 Å². The number of aryl methyl sites for hydroxylation is 8. The van der Waals surface area contributed by atoms with Gasteiger partial charge in [-0.2, -0.15) is 5.26 Å². The van der Waals surface area contributed by atoms with Crippen LogP contribution in [0.1, 0.15) is 50.1 Å². The van der Waals surface area contributed by atoms with E-state index in [1.807, 2.05) is 66.7 Å². The quantitative estimate of drug-likeness (QED) is 0.137. The summed E-state index contributed by atoms with van der Waals surface area (Å²) < 4.78 is 4.78. The SMILES string of the molecule is Cc1ccc(-c2ccc3c(c2)c2cc(-c4ccc(C)cc4C)ccc2n3-c2ccc(C#N)c(-c3cc(-c4nc(-c5ccccc5)nc(-c5ccccc5)n4)ccc3-n3c4ccc(-c5ccc(C)cc5C)cc4c4cc(-c5ccc(C)cc5C)ccc43)c2)c(C)c1. The molecule has 6 nitrogen and oxygen atoms in total. The van der Waals surface area contributed by atoms with E-state index in [9.17, 15) is 5.26 Å². The van der Waals surface area contributed by atoms with Gasteiger partial charge in [0.25, 0.3) is 0 Å². The first-order valence-electron chi connectivity index (χ1n) is 30.9. The summed E-state index contributed by atoms with van der Waals surface area (Å²) in [6.45, 7) is 17.4. The maximum absolute atomic E-state index is 11.5. The van der Waals surface area contributed by atoms with Gasteiger partial charge in [0.15, 0.2) is 17.5 Å². The van der Waals surface area contributed by atoms with Crippen LogP contribution in [-0.4, -0.2) is 24.1 Å². The average molecular weight is 1160 g/mol. The summed E-state index contributed by atoms with van der Waals surface area (Å²) in [6.07, 6.45) is 0. The molecule has 90 heavy (non-hydrogen) atoms. The minimum absolute atomic E-state index is 0.519. The van der Waals surface area contributed by atoms with Gasteiger partial charge < -0.3 is 9.13 Å². The third-order valence-corrected chi connectivity index (χ3v) is 18.2. The number of rotatable bonds is 10. The fourth-order valence-electron chi connectivity index (χ4n) is 13.8. The van der Waals surface area contributed by atoms with Crippen LogP contribution in [0.15, 0.2) is 243 Å². The Morgan fingerprint density at radius 2 is 0.633 bits per heavy atom. The Bertz CT molecular complexity index is 5190. The summed E-state index contributed by atoms with van der Waals surface area (Å²) in [5, 5.41) is 16.1. The first-order valence-corrected chi connectivity index (χ1v) is 30.9. The normalized spacial score (nSPS) is 11.5. The molecule has 0 aliphatic rings. The van der Waals surface area contributed by atoms with Crippen LogP contribution in [0.2, 0.25) is 0 Å². The lowest BCUT2D eigenvalue weighted by Gasteiger charge is -2.18. The molecule has 6 heteroatoms. The van der Waals surface area contributed by atoms with E-state index < -0.39 is 0 Å². The van der Waals surface area contributed by atoms with Crippen LogP contribution >= 0.6 is 0 Å². The number of aromatic nitrogens is 5. The molecule has 3 heterocycles. The smallest absolute Gasteiger partial charge is 0.164 e. The van der Waals surface area contributed by atoms with Crippen molar-refractivity contribution in [1.82, 2.24) is 24.1 Å². The zero-order valence-electron chi connectivity index (χ0n) is 51.8. The average Bonchev–Trinajstić information content (AvgIpc) is 1.62. The predicted octanol–water partition coefficient (Wildman–Crippen LogP) is 21.7. The maximum atomic E-state index is 11.5. The van der Waals surface area contributed by atoms with Gasteiger partial charge >= 0.3 is 0 Å². The Hall–Kier alpha value is -11.3. The highest BCUT2D eigenvalue weighted by Crippen LogP contribution is 2.45. The molecule has 430 valence electrons. The summed E-state index contributed by atoms with van der Waals surface area (Å²) in [5.74, 6) is 1.66. The van der Waals surface area contributed by atoms with Crippen LogP contribution in [0, 0.1) is 66.7 Å². The monoisotopic (exact) mass is 1160 g/mol. The molecule has 0 aliphatic carbocycles. The third kappa shape index (κ3) is 9.73. The van der Waals surface area contributed by atoms with Crippen molar-refractivity contribution in [2.75, 3.05) is 0 Å². The van der Waals surface area contributed by atoms with E-state index in [2.05, 4.69) is 247 Å². The summed E-state index contributed by atoms with van der Waals surface area (Å²) in [7, 11) is 0. The molecule has 0 spiro atoms. The first kappa shape index (κ1) is 55.3. The Kier molecular flexibility index (Phi) is 13.6. The van der Waals surface area contributed by atoms with Crippen molar-refractivity contribution in [3.8, 4) is 107 Å². The molecule has 0 amide bonds. The van der Waals surface area contributed by atoms with Crippen molar-refractivity contribution >= 4 is 43.6 Å². The molecule has 0 saturated carbocycles. The van der Waals surface area contributed by atoms with Gasteiger partial charge in [-0.3, -0.25) is 0 Å². The third-order valence-electron chi connectivity index (χ3n) is 18.2. The fraction of sp³-hybridized carbons (Fsp3) is 0.0952. The van der Waals surface area contributed by atoms with Crippen molar-refractivity contribution < 1.29 is 0 Å². The van der Waals surface area contributed by atoms with Gasteiger partial charge in [0, 0.05) is 55.0 Å². The Balaban J connectivity index is 1.01. The number of nitriles is 1. The minimum atomic E-state index is 0.519. The molecule has 15 aromatic rings. The van der Waals surface area contributed by atoms with Crippen LogP contribution in [-0.2, 0) is 0 Å². The number of fused-ring (bicyclic) bond motifs is 6. The molecule has 0 fully saturated rings. The van der Waals surface area contributed by atoms with Crippen LogP contribution in [0.5, 0.6) is 0 Å². The molecule has 0 unspecified atom stereocenters. The van der Waals surface area contributed by atoms with Crippen LogP contribution in [0.3, 0.4) is 0 Å². The summed E-state index contributed by atoms with van der Waals surface area (Å²) in [5.41, 5.74) is 30.1. The van der Waals surface area contributed by atoms with E-state index in [-0.39, 0.29) is 0 Å². The Labute approximate surface area is 525 Å². The second-order valence-corrected chi connectivity index (χ2v) is 24.5. The number of benzene rings is 12. The molecular weight excluding hydrogens is 1090 g/mol. The highest BCUT2D eigenvalue weighted by atomic mass is 15.0. The second-order valence-electron chi connectivity index (χ2n) is 24.5. The molecule has 0 bridgehead atoms. The molecular formula is C84H64N6. The fourth-order valence-corrected chi connectivity index (χ4v) is 13.8. The molecule has 0 atom stereocenters. The van der Waals surface area contributed by atoms with E-state index in [0.717, 1.165) is 105 Å². The van der Waals surface area contributed by atoms with Gasteiger partial charge in [0.05, 0.1) is 39.4 Å². The van der Waals surface area contributed by atoms with Crippen molar-refractivity contribution in [3.63, 3.8) is 0 Å². The predicted molar refractivity (Wildman–Crippen MR) is 375 cm³/mol. The molecule has 3 aromatic heterocycles. The van der Waals surface area contributed by atoms with E-state index in [1.54, 1.807) is 0 Å². The number of hydrogen-bond donors (Lipinski definition) is 0. The standard InChI is InChI=1S/C84H64N6/c1-50-19-30-67(54(5)39-50)60-24-34-77-73(43-60)74-44-61(68-31-20-51(2)40-55(68)6)25-35-78(74)89(77)66-29-23-65(49-85)71(48-66)72-47-64(84-87-82(58-15-11-9-12-16-58)86-83(88-84)59-17-13-10-14-18-59)28-38-79(72)90-80-36-26-62(69-32-21-52(3)41-56(69)7)45-75(80)76-46-63(27-37-81(76)90)70-33-22-53(4)42-57(70)8/h9-48H,1-8H3. The van der Waals surface area contributed by atoms with Gasteiger partial charge in [-0.1, -0.05) is 180 Å². The Morgan fingerprint density at radius 1 is 0.278 bits per heavy atom. The van der Waals surface area contributed by atoms with Crippen molar-refractivity contribution in [3.05, 3.63) is 293 Å². The van der Waals surface area contributed by atoms with Crippen molar-refractivity contribution in [2.45, 2.75) is 55.4 Å². The van der Waals surface area contributed by atoms with Gasteiger partial charge in [-0.05, 0) is 207 Å². The highest BCUT2D eigenvalue weighted by Gasteiger charge is 2.24. The zero-order chi connectivity index (χ0) is 61.5. The van der Waals surface area contributed by atoms with E-state index in [0.29, 0.717) is 23.0 Å².